The lowest BCUT2D eigenvalue weighted by Gasteiger charge is -2.03. The van der Waals surface area contributed by atoms with Crippen LogP contribution in [0.15, 0.2) is 23.8 Å². The molecular formula is C13H17Br. The third-order valence-electron chi connectivity index (χ3n) is 2.24. The van der Waals surface area contributed by atoms with Crippen LogP contribution in [0.2, 0.25) is 0 Å². The van der Waals surface area contributed by atoms with Crippen molar-refractivity contribution in [2.24, 2.45) is 0 Å². The van der Waals surface area contributed by atoms with E-state index in [0.717, 1.165) is 11.8 Å². The van der Waals surface area contributed by atoms with E-state index in [1.165, 1.54) is 22.3 Å². The predicted octanol–water partition coefficient (Wildman–Crippen LogP) is 4.49. The van der Waals surface area contributed by atoms with Gasteiger partial charge in [-0.25, -0.2) is 0 Å². The Hall–Kier alpha value is -0.560. The first-order valence-corrected chi connectivity index (χ1v) is 6.11. The van der Waals surface area contributed by atoms with Gasteiger partial charge in [-0.3, -0.25) is 0 Å². The summed E-state index contributed by atoms with van der Waals surface area (Å²) in [6, 6.07) is 6.66. The Morgan fingerprint density at radius 1 is 1.21 bits per heavy atom. The average molecular weight is 253 g/mol. The maximum Gasteiger partial charge on any atom is 0.0245 e. The quantitative estimate of drug-likeness (QED) is 0.696. The van der Waals surface area contributed by atoms with Gasteiger partial charge in [0.15, 0.2) is 0 Å². The van der Waals surface area contributed by atoms with Gasteiger partial charge in [-0.2, -0.15) is 0 Å². The smallest absolute Gasteiger partial charge is 0.0245 e. The summed E-state index contributed by atoms with van der Waals surface area (Å²) in [5.41, 5.74) is 5.43. The van der Waals surface area contributed by atoms with Gasteiger partial charge in [-0.1, -0.05) is 63.8 Å². The molecule has 0 aliphatic heterocycles. The highest BCUT2D eigenvalue weighted by Gasteiger charge is 1.95. The lowest BCUT2D eigenvalue weighted by Crippen LogP contribution is -1.84. The lowest BCUT2D eigenvalue weighted by molar-refractivity contribution is 1.12. The summed E-state index contributed by atoms with van der Waals surface area (Å²) in [5.74, 6) is 0. The number of hydrogen-bond donors (Lipinski definition) is 0. The van der Waals surface area contributed by atoms with Crippen LogP contribution in [0.4, 0.5) is 0 Å². The molecule has 0 nitrogen and oxygen atoms in total. The second kappa shape index (κ2) is 5.35. The van der Waals surface area contributed by atoms with Gasteiger partial charge in [0, 0.05) is 5.33 Å². The summed E-state index contributed by atoms with van der Waals surface area (Å²) < 4.78 is 0. The van der Waals surface area contributed by atoms with E-state index in [4.69, 9.17) is 0 Å². The standard InChI is InChI=1S/C13H17Br/c1-4-12(9-14)8-13-6-10(2)5-11(3)7-13/h5-8H,4,9H2,1-3H3. The van der Waals surface area contributed by atoms with Gasteiger partial charge in [0.2, 0.25) is 0 Å². The maximum absolute atomic E-state index is 3.50. The second-order valence-corrected chi connectivity index (χ2v) is 4.27. The SMILES string of the molecule is CCC(=Cc1cc(C)cc(C)c1)CBr. The Morgan fingerprint density at radius 2 is 1.79 bits per heavy atom. The zero-order valence-corrected chi connectivity index (χ0v) is 10.7. The zero-order valence-electron chi connectivity index (χ0n) is 9.10. The van der Waals surface area contributed by atoms with Crippen molar-refractivity contribution in [2.75, 3.05) is 5.33 Å². The fraction of sp³-hybridized carbons (Fsp3) is 0.385. The molecule has 76 valence electrons. The van der Waals surface area contributed by atoms with Crippen LogP contribution < -0.4 is 0 Å². The maximum atomic E-state index is 3.50. The highest BCUT2D eigenvalue weighted by Crippen LogP contribution is 2.15. The van der Waals surface area contributed by atoms with Gasteiger partial charge in [0.05, 0.1) is 0 Å². The lowest BCUT2D eigenvalue weighted by atomic mass is 10.0. The fourth-order valence-electron chi connectivity index (χ4n) is 1.56. The monoisotopic (exact) mass is 252 g/mol. The van der Waals surface area contributed by atoms with E-state index in [1.54, 1.807) is 0 Å². The first-order valence-electron chi connectivity index (χ1n) is 4.99. The molecule has 0 spiro atoms. The minimum absolute atomic E-state index is 0.969. The van der Waals surface area contributed by atoms with Crippen LogP contribution in [0.25, 0.3) is 6.08 Å². The molecule has 0 bridgehead atoms. The summed E-state index contributed by atoms with van der Waals surface area (Å²) >= 11 is 3.50. The van der Waals surface area contributed by atoms with Crippen molar-refractivity contribution in [3.63, 3.8) is 0 Å². The van der Waals surface area contributed by atoms with Crippen molar-refractivity contribution in [1.29, 1.82) is 0 Å². The summed E-state index contributed by atoms with van der Waals surface area (Å²) in [7, 11) is 0. The van der Waals surface area contributed by atoms with E-state index in [1.807, 2.05) is 0 Å². The van der Waals surface area contributed by atoms with E-state index in [0.29, 0.717) is 0 Å². The van der Waals surface area contributed by atoms with Crippen LogP contribution in [0.3, 0.4) is 0 Å². The molecule has 0 saturated carbocycles. The van der Waals surface area contributed by atoms with Crippen molar-refractivity contribution in [3.8, 4) is 0 Å². The summed E-state index contributed by atoms with van der Waals surface area (Å²) in [6.07, 6.45) is 3.38. The zero-order chi connectivity index (χ0) is 10.6. The van der Waals surface area contributed by atoms with Crippen LogP contribution in [0, 0.1) is 13.8 Å². The molecule has 0 aromatic heterocycles. The summed E-state index contributed by atoms with van der Waals surface area (Å²) in [5, 5.41) is 0.969. The molecule has 0 radical (unpaired) electrons. The molecule has 1 heteroatoms. The van der Waals surface area contributed by atoms with Crippen LogP contribution in [-0.2, 0) is 0 Å². The molecule has 1 rings (SSSR count). The van der Waals surface area contributed by atoms with Gasteiger partial charge in [-0.05, 0) is 25.8 Å². The van der Waals surface area contributed by atoms with E-state index >= 15 is 0 Å². The van der Waals surface area contributed by atoms with Crippen LogP contribution in [0.5, 0.6) is 0 Å². The van der Waals surface area contributed by atoms with Crippen LogP contribution >= 0.6 is 15.9 Å². The van der Waals surface area contributed by atoms with Crippen molar-refractivity contribution in [3.05, 3.63) is 40.5 Å². The largest absolute Gasteiger partial charge is 0.0880 e. The number of halogens is 1. The second-order valence-electron chi connectivity index (χ2n) is 3.71. The molecule has 0 aliphatic rings. The third kappa shape index (κ3) is 3.30. The molecule has 0 saturated heterocycles. The molecule has 0 atom stereocenters. The fourth-order valence-corrected chi connectivity index (χ4v) is 2.12. The van der Waals surface area contributed by atoms with E-state index in [9.17, 15) is 0 Å². The van der Waals surface area contributed by atoms with Crippen LogP contribution in [0.1, 0.15) is 30.0 Å². The van der Waals surface area contributed by atoms with Gasteiger partial charge in [0.25, 0.3) is 0 Å². The molecular weight excluding hydrogens is 236 g/mol. The Labute approximate surface area is 95.2 Å². The van der Waals surface area contributed by atoms with Gasteiger partial charge in [-0.15, -0.1) is 0 Å². The Bertz CT molecular complexity index is 311. The summed E-state index contributed by atoms with van der Waals surface area (Å²) in [4.78, 5) is 0. The van der Waals surface area contributed by atoms with Crippen LogP contribution in [-0.4, -0.2) is 5.33 Å². The first-order chi connectivity index (χ1) is 6.65. The third-order valence-corrected chi connectivity index (χ3v) is 2.96. The molecule has 1 aromatic carbocycles. The van der Waals surface area contributed by atoms with Gasteiger partial charge in [0.1, 0.15) is 0 Å². The minimum atomic E-state index is 0.969. The molecule has 0 N–H and O–H groups in total. The van der Waals surface area contributed by atoms with E-state index in [-0.39, 0.29) is 0 Å². The van der Waals surface area contributed by atoms with Crippen molar-refractivity contribution >= 4 is 22.0 Å². The van der Waals surface area contributed by atoms with Gasteiger partial charge < -0.3 is 0 Å². The average Bonchev–Trinajstić information content (AvgIpc) is 2.12. The normalized spacial score (nSPS) is 11.9. The van der Waals surface area contributed by atoms with Crippen molar-refractivity contribution < 1.29 is 0 Å². The molecule has 0 heterocycles. The Kier molecular flexibility index (Phi) is 4.40. The highest BCUT2D eigenvalue weighted by atomic mass is 79.9. The highest BCUT2D eigenvalue weighted by molar-refractivity contribution is 9.09. The predicted molar refractivity (Wildman–Crippen MR) is 68.0 cm³/mol. The van der Waals surface area contributed by atoms with Crippen molar-refractivity contribution in [1.82, 2.24) is 0 Å². The number of rotatable bonds is 3. The molecule has 0 unspecified atom stereocenters. The first kappa shape index (κ1) is 11.5. The Balaban J connectivity index is 3.01. The number of aryl methyl sites for hydroxylation is 2. The molecule has 0 fully saturated rings. The molecule has 1 aromatic rings. The number of hydrogen-bond acceptors (Lipinski definition) is 0. The molecule has 0 amide bonds. The number of alkyl halides is 1. The van der Waals surface area contributed by atoms with E-state index < -0.39 is 0 Å². The Morgan fingerprint density at radius 3 is 2.21 bits per heavy atom. The molecule has 14 heavy (non-hydrogen) atoms. The topological polar surface area (TPSA) is 0 Å². The van der Waals surface area contributed by atoms with Crippen molar-refractivity contribution in [2.45, 2.75) is 27.2 Å². The number of benzene rings is 1. The number of allylic oxidation sites excluding steroid dienone is 1. The molecule has 0 aliphatic carbocycles. The summed E-state index contributed by atoms with van der Waals surface area (Å²) in [6.45, 7) is 6.48. The van der Waals surface area contributed by atoms with E-state index in [2.05, 4.69) is 61.0 Å². The van der Waals surface area contributed by atoms with Gasteiger partial charge >= 0.3 is 0 Å². The minimum Gasteiger partial charge on any atom is -0.0880 e.